The SMILES string of the molecule is COc1ccc2cc(C(O)C(F)F)ccc2c1. The van der Waals surface area contributed by atoms with Gasteiger partial charge in [-0.1, -0.05) is 18.2 Å². The van der Waals surface area contributed by atoms with Crippen LogP contribution in [0.15, 0.2) is 36.4 Å². The molecule has 0 radical (unpaired) electrons. The third-order valence-corrected chi connectivity index (χ3v) is 2.65. The van der Waals surface area contributed by atoms with E-state index in [0.29, 0.717) is 5.75 Å². The zero-order chi connectivity index (χ0) is 12.4. The van der Waals surface area contributed by atoms with Crippen molar-refractivity contribution in [2.45, 2.75) is 12.5 Å². The van der Waals surface area contributed by atoms with E-state index in [-0.39, 0.29) is 5.56 Å². The average Bonchev–Trinajstić information content (AvgIpc) is 2.36. The number of ether oxygens (including phenoxy) is 1. The lowest BCUT2D eigenvalue weighted by Crippen LogP contribution is -2.07. The van der Waals surface area contributed by atoms with Gasteiger partial charge in [0.1, 0.15) is 11.9 Å². The van der Waals surface area contributed by atoms with Crippen LogP contribution in [-0.2, 0) is 0 Å². The Balaban J connectivity index is 2.44. The monoisotopic (exact) mass is 238 g/mol. The molecule has 1 N–H and O–H groups in total. The van der Waals surface area contributed by atoms with Crippen LogP contribution in [0.25, 0.3) is 10.8 Å². The summed E-state index contributed by atoms with van der Waals surface area (Å²) in [5.74, 6) is 0.708. The smallest absolute Gasteiger partial charge is 0.268 e. The second kappa shape index (κ2) is 4.67. The number of aliphatic hydroxyl groups is 1. The van der Waals surface area contributed by atoms with Gasteiger partial charge in [-0.2, -0.15) is 0 Å². The first kappa shape index (κ1) is 11.8. The van der Waals surface area contributed by atoms with Crippen molar-refractivity contribution in [1.29, 1.82) is 0 Å². The molecule has 17 heavy (non-hydrogen) atoms. The first-order chi connectivity index (χ1) is 8.11. The summed E-state index contributed by atoms with van der Waals surface area (Å²) >= 11 is 0. The molecule has 0 spiro atoms. The van der Waals surface area contributed by atoms with Gasteiger partial charge < -0.3 is 9.84 Å². The molecule has 0 amide bonds. The Bertz CT molecular complexity index is 526. The Hall–Kier alpha value is -1.68. The first-order valence-electron chi connectivity index (χ1n) is 5.16. The zero-order valence-corrected chi connectivity index (χ0v) is 9.23. The lowest BCUT2D eigenvalue weighted by atomic mass is 10.0. The average molecular weight is 238 g/mol. The quantitative estimate of drug-likeness (QED) is 0.890. The van der Waals surface area contributed by atoms with Crippen molar-refractivity contribution >= 4 is 10.8 Å². The molecule has 0 saturated heterocycles. The Morgan fingerprint density at radius 3 is 2.35 bits per heavy atom. The van der Waals surface area contributed by atoms with E-state index in [1.165, 1.54) is 6.07 Å². The molecule has 1 atom stereocenters. The van der Waals surface area contributed by atoms with Crippen LogP contribution in [0, 0.1) is 0 Å². The summed E-state index contributed by atoms with van der Waals surface area (Å²) in [5.41, 5.74) is 0.220. The van der Waals surface area contributed by atoms with E-state index >= 15 is 0 Å². The summed E-state index contributed by atoms with van der Waals surface area (Å²) < 4.78 is 29.8. The number of hydrogen-bond acceptors (Lipinski definition) is 2. The second-order valence-electron chi connectivity index (χ2n) is 3.75. The highest BCUT2D eigenvalue weighted by atomic mass is 19.3. The number of fused-ring (bicyclic) bond motifs is 1. The minimum atomic E-state index is -2.77. The lowest BCUT2D eigenvalue weighted by Gasteiger charge is -2.11. The fourth-order valence-corrected chi connectivity index (χ4v) is 1.70. The molecule has 4 heteroatoms. The molecule has 90 valence electrons. The minimum Gasteiger partial charge on any atom is -0.497 e. The van der Waals surface area contributed by atoms with E-state index in [4.69, 9.17) is 4.74 Å². The maximum Gasteiger partial charge on any atom is 0.268 e. The van der Waals surface area contributed by atoms with Crippen LogP contribution < -0.4 is 4.74 Å². The van der Waals surface area contributed by atoms with Crippen molar-refractivity contribution in [3.63, 3.8) is 0 Å². The van der Waals surface area contributed by atoms with Crippen molar-refractivity contribution in [2.75, 3.05) is 7.11 Å². The Kier molecular flexibility index (Phi) is 3.24. The molecule has 0 fully saturated rings. The highest BCUT2D eigenvalue weighted by Gasteiger charge is 2.18. The Labute approximate surface area is 97.4 Å². The Morgan fingerprint density at radius 2 is 1.71 bits per heavy atom. The molecule has 2 nitrogen and oxygen atoms in total. The van der Waals surface area contributed by atoms with Gasteiger partial charge in [-0.25, -0.2) is 8.78 Å². The number of benzene rings is 2. The summed E-state index contributed by atoms with van der Waals surface area (Å²) in [7, 11) is 1.57. The van der Waals surface area contributed by atoms with Gasteiger partial charge in [0.15, 0.2) is 0 Å². The summed E-state index contributed by atoms with van der Waals surface area (Å²) in [6.07, 6.45) is -4.51. The number of rotatable bonds is 3. The predicted octanol–water partition coefficient (Wildman–Crippen LogP) is 3.15. The van der Waals surface area contributed by atoms with Gasteiger partial charge in [-0.3, -0.25) is 0 Å². The van der Waals surface area contributed by atoms with Gasteiger partial charge >= 0.3 is 0 Å². The molecule has 1 unspecified atom stereocenters. The number of aliphatic hydroxyl groups excluding tert-OH is 1. The van der Waals surface area contributed by atoms with Gasteiger partial charge in [0, 0.05) is 0 Å². The largest absolute Gasteiger partial charge is 0.497 e. The first-order valence-corrected chi connectivity index (χ1v) is 5.16. The van der Waals surface area contributed by atoms with Crippen LogP contribution >= 0.6 is 0 Å². The third-order valence-electron chi connectivity index (χ3n) is 2.65. The molecule has 0 aliphatic carbocycles. The summed E-state index contributed by atoms with van der Waals surface area (Å²) in [5, 5.41) is 11.0. The topological polar surface area (TPSA) is 29.5 Å². The normalized spacial score (nSPS) is 13.0. The molecule has 2 aromatic carbocycles. The van der Waals surface area contributed by atoms with Crippen molar-refractivity contribution in [3.05, 3.63) is 42.0 Å². The van der Waals surface area contributed by atoms with Gasteiger partial charge in [0.2, 0.25) is 0 Å². The van der Waals surface area contributed by atoms with Crippen LogP contribution in [0.5, 0.6) is 5.75 Å². The van der Waals surface area contributed by atoms with Crippen molar-refractivity contribution < 1.29 is 18.6 Å². The summed E-state index contributed by atoms with van der Waals surface area (Å²) in [6.45, 7) is 0. The van der Waals surface area contributed by atoms with E-state index in [9.17, 15) is 13.9 Å². The standard InChI is InChI=1S/C13H12F2O2/c1-17-11-5-4-8-6-10(12(16)13(14)15)3-2-9(8)7-11/h2-7,12-13,16H,1H3. The van der Waals surface area contributed by atoms with Crippen LogP contribution in [-0.4, -0.2) is 18.6 Å². The molecule has 2 aromatic rings. The number of halogens is 2. The van der Waals surface area contributed by atoms with Crippen LogP contribution in [0.4, 0.5) is 8.78 Å². The molecular weight excluding hydrogens is 226 g/mol. The highest BCUT2D eigenvalue weighted by molar-refractivity contribution is 5.84. The van der Waals surface area contributed by atoms with E-state index < -0.39 is 12.5 Å². The molecule has 0 aliphatic heterocycles. The molecular formula is C13H12F2O2. The number of alkyl halides is 2. The minimum absolute atomic E-state index is 0.220. The Morgan fingerprint density at radius 1 is 1.06 bits per heavy atom. The third kappa shape index (κ3) is 2.36. The van der Waals surface area contributed by atoms with Crippen LogP contribution in [0.1, 0.15) is 11.7 Å². The fraction of sp³-hybridized carbons (Fsp3) is 0.231. The van der Waals surface area contributed by atoms with Crippen molar-refractivity contribution in [1.82, 2.24) is 0 Å². The number of hydrogen-bond donors (Lipinski definition) is 1. The van der Waals surface area contributed by atoms with Crippen LogP contribution in [0.3, 0.4) is 0 Å². The maximum absolute atomic E-state index is 12.4. The molecule has 0 aromatic heterocycles. The highest BCUT2D eigenvalue weighted by Crippen LogP contribution is 2.26. The molecule has 0 heterocycles. The fourth-order valence-electron chi connectivity index (χ4n) is 1.70. The molecule has 2 rings (SSSR count). The van der Waals surface area contributed by atoms with Gasteiger partial charge in [0.25, 0.3) is 6.43 Å². The van der Waals surface area contributed by atoms with Gasteiger partial charge in [-0.05, 0) is 34.5 Å². The summed E-state index contributed by atoms with van der Waals surface area (Å²) in [6, 6.07) is 10.1. The van der Waals surface area contributed by atoms with E-state index in [1.807, 2.05) is 6.07 Å². The molecule has 0 aliphatic rings. The molecule has 0 saturated carbocycles. The van der Waals surface area contributed by atoms with Crippen molar-refractivity contribution in [2.24, 2.45) is 0 Å². The van der Waals surface area contributed by atoms with E-state index in [1.54, 1.807) is 31.4 Å². The molecule has 0 bridgehead atoms. The van der Waals surface area contributed by atoms with Crippen molar-refractivity contribution in [3.8, 4) is 5.75 Å². The second-order valence-corrected chi connectivity index (χ2v) is 3.75. The summed E-state index contributed by atoms with van der Waals surface area (Å²) in [4.78, 5) is 0. The predicted molar refractivity (Wildman–Crippen MR) is 61.5 cm³/mol. The van der Waals surface area contributed by atoms with E-state index in [0.717, 1.165) is 10.8 Å². The van der Waals surface area contributed by atoms with E-state index in [2.05, 4.69) is 0 Å². The zero-order valence-electron chi connectivity index (χ0n) is 9.23. The van der Waals surface area contributed by atoms with Gasteiger partial charge in [0.05, 0.1) is 7.11 Å². The lowest BCUT2D eigenvalue weighted by molar-refractivity contribution is -0.00570. The maximum atomic E-state index is 12.4. The van der Waals surface area contributed by atoms with Crippen LogP contribution in [0.2, 0.25) is 0 Å². The van der Waals surface area contributed by atoms with Gasteiger partial charge in [-0.15, -0.1) is 0 Å². The number of methoxy groups -OCH3 is 1.